The average Bonchev–Trinajstić information content (AvgIpc) is 2.69. The first kappa shape index (κ1) is 19.0. The quantitative estimate of drug-likeness (QED) is 0.761. The second-order valence-electron chi connectivity index (χ2n) is 6.56. The van der Waals surface area contributed by atoms with Crippen molar-refractivity contribution >= 4 is 11.8 Å². The third-order valence-corrected chi connectivity index (χ3v) is 4.55. The summed E-state index contributed by atoms with van der Waals surface area (Å²) in [6.07, 6.45) is 1.69. The van der Waals surface area contributed by atoms with Gasteiger partial charge in [0.15, 0.2) is 0 Å². The van der Waals surface area contributed by atoms with Gasteiger partial charge in [-0.3, -0.25) is 9.59 Å². The number of benzene rings is 2. The van der Waals surface area contributed by atoms with E-state index in [1.54, 1.807) is 12.1 Å². The van der Waals surface area contributed by atoms with Crippen molar-refractivity contribution in [3.8, 4) is 0 Å². The van der Waals surface area contributed by atoms with E-state index in [1.807, 2.05) is 18.2 Å². The minimum Gasteiger partial charge on any atom is -0.369 e. The zero-order valence-electron chi connectivity index (χ0n) is 15.1. The van der Waals surface area contributed by atoms with Crippen LogP contribution in [0.25, 0.3) is 0 Å². The van der Waals surface area contributed by atoms with Gasteiger partial charge in [0, 0.05) is 13.1 Å². The fourth-order valence-electron chi connectivity index (χ4n) is 3.07. The maximum Gasteiger partial charge on any atom is 0.249 e. The van der Waals surface area contributed by atoms with Crippen LogP contribution < -0.4 is 5.32 Å². The maximum absolute atomic E-state index is 13.1. The van der Waals surface area contributed by atoms with E-state index in [2.05, 4.69) is 17.4 Å². The smallest absolute Gasteiger partial charge is 0.249 e. The Hall–Kier alpha value is -2.73. The lowest BCUT2D eigenvalue weighted by atomic mass is 10.1. The molecule has 6 heteroatoms. The summed E-state index contributed by atoms with van der Waals surface area (Å²) >= 11 is 0. The van der Waals surface area contributed by atoms with Gasteiger partial charge in [-0.15, -0.1) is 0 Å². The number of hydrogen-bond donors (Lipinski definition) is 1. The Morgan fingerprint density at radius 2 is 1.85 bits per heavy atom. The van der Waals surface area contributed by atoms with Gasteiger partial charge in [-0.05, 0) is 36.1 Å². The molecule has 0 radical (unpaired) electrons. The molecule has 142 valence electrons. The molecule has 0 saturated carbocycles. The first-order valence-electron chi connectivity index (χ1n) is 9.07. The Morgan fingerprint density at radius 3 is 2.59 bits per heavy atom. The molecule has 0 unspecified atom stereocenters. The normalized spacial score (nSPS) is 17.0. The fraction of sp³-hybridized carbons (Fsp3) is 0.333. The van der Waals surface area contributed by atoms with Gasteiger partial charge in [-0.2, -0.15) is 0 Å². The number of aryl methyl sites for hydroxylation is 1. The Bertz CT molecular complexity index is 765. The molecule has 2 amide bonds. The van der Waals surface area contributed by atoms with Gasteiger partial charge in [0.1, 0.15) is 18.5 Å². The van der Waals surface area contributed by atoms with Crippen molar-refractivity contribution < 1.29 is 18.7 Å². The lowest BCUT2D eigenvalue weighted by molar-refractivity contribution is -0.155. The predicted octanol–water partition coefficient (Wildman–Crippen LogP) is 2.30. The molecule has 1 atom stereocenters. The average molecular weight is 370 g/mol. The predicted molar refractivity (Wildman–Crippen MR) is 99.3 cm³/mol. The van der Waals surface area contributed by atoms with E-state index in [1.165, 1.54) is 22.6 Å². The minimum atomic E-state index is -0.673. The summed E-state index contributed by atoms with van der Waals surface area (Å²) in [4.78, 5) is 26.3. The Kier molecular flexibility index (Phi) is 6.54. The highest BCUT2D eigenvalue weighted by Gasteiger charge is 2.33. The number of nitrogens with one attached hydrogen (secondary N) is 1. The van der Waals surface area contributed by atoms with E-state index in [-0.39, 0.29) is 37.4 Å². The Balaban J connectivity index is 1.54. The van der Waals surface area contributed by atoms with Crippen LogP contribution in [-0.4, -0.2) is 42.5 Å². The lowest BCUT2D eigenvalue weighted by Gasteiger charge is -2.34. The number of ether oxygens (including phenoxy) is 1. The molecule has 5 nitrogen and oxygen atoms in total. The van der Waals surface area contributed by atoms with Crippen LogP contribution in [0.3, 0.4) is 0 Å². The number of hydrogen-bond acceptors (Lipinski definition) is 3. The van der Waals surface area contributed by atoms with Crippen LogP contribution in [-0.2, 0) is 27.3 Å². The SMILES string of the molecule is O=C(NCCCc1ccccc1)[C@@H]1COCC(=O)N1Cc1ccc(F)cc1. The Labute approximate surface area is 158 Å². The molecular formula is C21H23FN2O3. The monoisotopic (exact) mass is 370 g/mol. The highest BCUT2D eigenvalue weighted by Crippen LogP contribution is 2.14. The van der Waals surface area contributed by atoms with Crippen molar-refractivity contribution in [3.05, 3.63) is 71.5 Å². The van der Waals surface area contributed by atoms with Crippen LogP contribution in [0.1, 0.15) is 17.5 Å². The molecule has 1 heterocycles. The summed E-state index contributed by atoms with van der Waals surface area (Å²) in [6.45, 7) is 0.907. The molecule has 1 fully saturated rings. The van der Waals surface area contributed by atoms with Crippen molar-refractivity contribution in [1.29, 1.82) is 0 Å². The van der Waals surface area contributed by atoms with Gasteiger partial charge < -0.3 is 15.0 Å². The maximum atomic E-state index is 13.1. The molecule has 1 N–H and O–H groups in total. The number of nitrogens with zero attached hydrogens (tertiary/aromatic N) is 1. The van der Waals surface area contributed by atoms with E-state index < -0.39 is 6.04 Å². The lowest BCUT2D eigenvalue weighted by Crippen LogP contribution is -2.56. The molecule has 1 aliphatic rings. The summed E-state index contributed by atoms with van der Waals surface area (Å²) in [7, 11) is 0. The molecule has 0 aliphatic carbocycles. The van der Waals surface area contributed by atoms with E-state index in [0.29, 0.717) is 6.54 Å². The van der Waals surface area contributed by atoms with Gasteiger partial charge in [0.05, 0.1) is 6.61 Å². The van der Waals surface area contributed by atoms with Crippen LogP contribution in [0.15, 0.2) is 54.6 Å². The van der Waals surface area contributed by atoms with Crippen molar-refractivity contribution in [1.82, 2.24) is 10.2 Å². The summed E-state index contributed by atoms with van der Waals surface area (Å²) in [5.74, 6) is -0.798. The second kappa shape index (κ2) is 9.28. The Morgan fingerprint density at radius 1 is 1.11 bits per heavy atom. The topological polar surface area (TPSA) is 58.6 Å². The minimum absolute atomic E-state index is 0.0427. The summed E-state index contributed by atoms with van der Waals surface area (Å²) in [6, 6.07) is 15.3. The first-order valence-corrected chi connectivity index (χ1v) is 9.07. The van der Waals surface area contributed by atoms with E-state index in [9.17, 15) is 14.0 Å². The molecule has 1 saturated heterocycles. The van der Waals surface area contributed by atoms with Crippen LogP contribution >= 0.6 is 0 Å². The van der Waals surface area contributed by atoms with E-state index in [4.69, 9.17) is 4.74 Å². The summed E-state index contributed by atoms with van der Waals surface area (Å²) in [5.41, 5.74) is 1.99. The zero-order chi connectivity index (χ0) is 19.1. The molecule has 1 aliphatic heterocycles. The number of carbonyl (C=O) groups excluding carboxylic acids is 2. The third-order valence-electron chi connectivity index (χ3n) is 4.55. The van der Waals surface area contributed by atoms with Crippen molar-refractivity contribution in [3.63, 3.8) is 0 Å². The van der Waals surface area contributed by atoms with Gasteiger partial charge in [0.2, 0.25) is 11.8 Å². The highest BCUT2D eigenvalue weighted by atomic mass is 19.1. The van der Waals surface area contributed by atoms with E-state index >= 15 is 0 Å². The number of halogens is 1. The van der Waals surface area contributed by atoms with Gasteiger partial charge in [0.25, 0.3) is 0 Å². The van der Waals surface area contributed by atoms with Gasteiger partial charge in [-0.25, -0.2) is 4.39 Å². The summed E-state index contributed by atoms with van der Waals surface area (Å²) < 4.78 is 18.3. The van der Waals surface area contributed by atoms with E-state index in [0.717, 1.165) is 18.4 Å². The molecule has 27 heavy (non-hydrogen) atoms. The van der Waals surface area contributed by atoms with Gasteiger partial charge in [-0.1, -0.05) is 42.5 Å². The van der Waals surface area contributed by atoms with Crippen molar-refractivity contribution in [2.24, 2.45) is 0 Å². The number of morpholine rings is 1. The second-order valence-corrected chi connectivity index (χ2v) is 6.56. The zero-order valence-corrected chi connectivity index (χ0v) is 15.1. The van der Waals surface area contributed by atoms with Crippen LogP contribution in [0.5, 0.6) is 0 Å². The molecule has 0 bridgehead atoms. The molecule has 2 aromatic rings. The largest absolute Gasteiger partial charge is 0.369 e. The van der Waals surface area contributed by atoms with Crippen molar-refractivity contribution in [2.75, 3.05) is 19.8 Å². The molecule has 2 aromatic carbocycles. The van der Waals surface area contributed by atoms with Crippen LogP contribution in [0.4, 0.5) is 4.39 Å². The van der Waals surface area contributed by atoms with Crippen LogP contribution in [0, 0.1) is 5.82 Å². The highest BCUT2D eigenvalue weighted by molar-refractivity contribution is 5.89. The third kappa shape index (κ3) is 5.37. The molecule has 3 rings (SSSR count). The van der Waals surface area contributed by atoms with Crippen molar-refractivity contribution in [2.45, 2.75) is 25.4 Å². The molecular weight excluding hydrogens is 347 g/mol. The number of amides is 2. The fourth-order valence-corrected chi connectivity index (χ4v) is 3.07. The summed E-state index contributed by atoms with van der Waals surface area (Å²) in [5, 5.41) is 2.90. The number of rotatable bonds is 7. The standard InChI is InChI=1S/C21H23FN2O3/c22-18-10-8-17(9-11-18)13-24-19(14-27-15-20(24)25)21(26)23-12-4-7-16-5-2-1-3-6-16/h1-3,5-6,8-11,19H,4,7,12-15H2,(H,23,26)/t19-/m0/s1. The first-order chi connectivity index (χ1) is 13.1. The molecule has 0 spiro atoms. The number of carbonyl (C=O) groups is 2. The van der Waals surface area contributed by atoms with Gasteiger partial charge >= 0.3 is 0 Å². The van der Waals surface area contributed by atoms with Crippen LogP contribution in [0.2, 0.25) is 0 Å². The molecule has 0 aromatic heterocycles.